The molecule has 2 aliphatic rings. The molecule has 2 fully saturated rings. The highest BCUT2D eigenvalue weighted by atomic mass is 32.7. The molecule has 6 rings (SSSR count). The Morgan fingerprint density at radius 3 is 2.09 bits per heavy atom. The minimum absolute atomic E-state index is 0.0184. The molecule has 2 bridgehead atoms. The molecule has 1 aromatic heterocycles. The number of nitrogens with one attached hydrogen (secondary N) is 1. The van der Waals surface area contributed by atoms with E-state index in [2.05, 4.69) is 4.98 Å². The monoisotopic (exact) mass is 650 g/mol. The van der Waals surface area contributed by atoms with Crippen molar-refractivity contribution in [2.75, 3.05) is 27.4 Å². The maximum absolute atomic E-state index is 12.9. The highest BCUT2D eigenvalue weighted by Crippen LogP contribution is 2.51. The average molecular weight is 651 g/mol. The van der Waals surface area contributed by atoms with Crippen molar-refractivity contribution < 1.29 is 32.8 Å². The number of benzene rings is 3. The lowest BCUT2D eigenvalue weighted by Crippen LogP contribution is -2.49. The van der Waals surface area contributed by atoms with Crippen LogP contribution in [0.3, 0.4) is 0 Å². The molecule has 0 radical (unpaired) electrons. The topological polar surface area (TPSA) is 127 Å². The maximum atomic E-state index is 12.9. The SMILES string of the molecule is COc1ccc(C(OC[C@@]23COC([C@H](n4cc(C)c(=O)[nH]c4=O)O2)[C@H]3O[P+](=O)[S-])(c2ccccc2)c2ccc(OC)cc2)cc1. The second-order valence-electron chi connectivity index (χ2n) is 10.9. The van der Waals surface area contributed by atoms with Crippen molar-refractivity contribution in [2.45, 2.75) is 36.6 Å². The van der Waals surface area contributed by atoms with Crippen LogP contribution in [0.25, 0.3) is 0 Å². The third-order valence-electron chi connectivity index (χ3n) is 8.30. The van der Waals surface area contributed by atoms with Gasteiger partial charge in [0.25, 0.3) is 5.56 Å². The van der Waals surface area contributed by atoms with Gasteiger partial charge in [0.15, 0.2) is 17.9 Å². The fourth-order valence-electron chi connectivity index (χ4n) is 6.05. The molecule has 45 heavy (non-hydrogen) atoms. The first kappa shape index (κ1) is 31.2. The zero-order valence-electron chi connectivity index (χ0n) is 24.7. The van der Waals surface area contributed by atoms with Gasteiger partial charge in [-0.25, -0.2) is 4.79 Å². The van der Waals surface area contributed by atoms with Crippen molar-refractivity contribution in [1.29, 1.82) is 0 Å². The zero-order chi connectivity index (χ0) is 31.8. The van der Waals surface area contributed by atoms with Gasteiger partial charge in [0, 0.05) is 11.8 Å². The Hall–Kier alpha value is -3.77. The molecule has 13 heteroatoms. The van der Waals surface area contributed by atoms with E-state index in [9.17, 15) is 14.2 Å². The molecule has 11 nitrogen and oxygen atoms in total. The lowest BCUT2D eigenvalue weighted by Gasteiger charge is -2.39. The zero-order valence-corrected chi connectivity index (χ0v) is 26.4. The van der Waals surface area contributed by atoms with E-state index in [-0.39, 0.29) is 13.2 Å². The normalized spacial score (nSPS) is 22.8. The molecule has 2 aliphatic heterocycles. The third kappa shape index (κ3) is 5.63. The summed E-state index contributed by atoms with van der Waals surface area (Å²) in [5.41, 5.74) is -0.991. The van der Waals surface area contributed by atoms with Crippen molar-refractivity contribution in [3.63, 3.8) is 0 Å². The molecule has 0 aliphatic carbocycles. The van der Waals surface area contributed by atoms with E-state index < -0.39 is 48.1 Å². The van der Waals surface area contributed by atoms with Crippen LogP contribution in [0.15, 0.2) is 94.6 Å². The number of methoxy groups -OCH3 is 2. The van der Waals surface area contributed by atoms with Gasteiger partial charge in [0.2, 0.25) is 0 Å². The molecule has 4 aromatic rings. The second kappa shape index (κ2) is 12.6. The minimum Gasteiger partial charge on any atom is -0.497 e. The summed E-state index contributed by atoms with van der Waals surface area (Å²) in [4.78, 5) is 27.2. The molecule has 2 unspecified atom stereocenters. The number of rotatable bonds is 11. The Kier molecular flexibility index (Phi) is 8.71. The molecule has 0 spiro atoms. The summed E-state index contributed by atoms with van der Waals surface area (Å²) in [5.74, 6) is 1.35. The Labute approximate surface area is 265 Å². The van der Waals surface area contributed by atoms with Crippen LogP contribution in [0.5, 0.6) is 11.5 Å². The maximum Gasteiger partial charge on any atom is 0.372 e. The number of ether oxygens (including phenoxy) is 5. The predicted octanol–water partition coefficient (Wildman–Crippen LogP) is 4.13. The molecule has 3 aromatic carbocycles. The summed E-state index contributed by atoms with van der Waals surface area (Å²) in [6.45, 7) is 1.48. The molecule has 5 atom stereocenters. The van der Waals surface area contributed by atoms with Crippen molar-refractivity contribution in [3.05, 3.63) is 128 Å². The number of aromatic amines is 1. The van der Waals surface area contributed by atoms with Crippen LogP contribution in [0, 0.1) is 6.92 Å². The van der Waals surface area contributed by atoms with Crippen molar-refractivity contribution >= 4 is 19.5 Å². The van der Waals surface area contributed by atoms with Crippen LogP contribution >= 0.6 is 7.23 Å². The van der Waals surface area contributed by atoms with E-state index in [0.717, 1.165) is 16.7 Å². The van der Waals surface area contributed by atoms with E-state index in [1.807, 2.05) is 78.9 Å². The van der Waals surface area contributed by atoms with Gasteiger partial charge in [-0.2, -0.15) is 4.52 Å². The van der Waals surface area contributed by atoms with Gasteiger partial charge in [-0.05, 0) is 47.9 Å². The second-order valence-corrected chi connectivity index (χ2v) is 12.4. The van der Waals surface area contributed by atoms with E-state index in [0.29, 0.717) is 17.1 Å². The lowest BCUT2D eigenvalue weighted by molar-refractivity contribution is -0.203. The molecule has 0 amide bonds. The summed E-state index contributed by atoms with van der Waals surface area (Å²) < 4.78 is 49.9. The number of aryl methyl sites for hydroxylation is 1. The van der Waals surface area contributed by atoms with Crippen molar-refractivity contribution in [1.82, 2.24) is 9.55 Å². The van der Waals surface area contributed by atoms with Gasteiger partial charge >= 0.3 is 12.9 Å². The van der Waals surface area contributed by atoms with Crippen molar-refractivity contribution in [3.8, 4) is 11.5 Å². The van der Waals surface area contributed by atoms with Crippen LogP contribution in [0.1, 0.15) is 28.5 Å². The first-order chi connectivity index (χ1) is 21.7. The fraction of sp³-hybridized carbons (Fsp3) is 0.312. The van der Waals surface area contributed by atoms with Crippen LogP contribution in [-0.4, -0.2) is 54.8 Å². The standard InChI is InChI=1S/C32H31N2O9PS/c1-20-17-34(30(36)33-28(20)35)29-26-27(43-44(37)45)31(42-29,18-40-26)19-41-32(21-7-5-4-6-8-21,22-9-13-24(38-2)14-10-22)23-11-15-25(39-3)16-12-23/h4-17,26-27,29H,18-19H2,1-3H3,(H,33,35,36)/t26?,27-,29-,31-/m1/s1. The van der Waals surface area contributed by atoms with Crippen LogP contribution in [0.2, 0.25) is 0 Å². The largest absolute Gasteiger partial charge is 0.497 e. The van der Waals surface area contributed by atoms with Gasteiger partial charge in [-0.1, -0.05) is 59.2 Å². The fourth-order valence-corrected chi connectivity index (χ4v) is 6.82. The average Bonchev–Trinajstić information content (AvgIpc) is 3.54. The summed E-state index contributed by atoms with van der Waals surface area (Å²) >= 11 is 4.95. The molecule has 1 N–H and O–H groups in total. The smallest absolute Gasteiger partial charge is 0.372 e. The molecule has 3 heterocycles. The van der Waals surface area contributed by atoms with E-state index >= 15 is 0 Å². The first-order valence-corrected chi connectivity index (χ1v) is 16.3. The first-order valence-electron chi connectivity index (χ1n) is 14.1. The van der Waals surface area contributed by atoms with E-state index in [4.69, 9.17) is 40.5 Å². The van der Waals surface area contributed by atoms with Gasteiger partial charge in [0.1, 0.15) is 23.2 Å². The third-order valence-corrected chi connectivity index (χ3v) is 8.96. The quantitative estimate of drug-likeness (QED) is 0.144. The van der Waals surface area contributed by atoms with E-state index in [1.54, 1.807) is 21.1 Å². The number of nitrogens with zero attached hydrogens (tertiary/aromatic N) is 1. The number of fused-ring (bicyclic) bond motifs is 2. The molecular weight excluding hydrogens is 619 g/mol. The number of H-pyrrole nitrogens is 1. The molecular formula is C32H31N2O9PS. The number of hydrogen-bond acceptors (Lipinski definition) is 10. The highest BCUT2D eigenvalue weighted by Gasteiger charge is 2.66. The number of aromatic nitrogens is 2. The summed E-state index contributed by atoms with van der Waals surface area (Å²) in [6.07, 6.45) is -1.40. The summed E-state index contributed by atoms with van der Waals surface area (Å²) in [6, 6.07) is 24.8. The predicted molar refractivity (Wildman–Crippen MR) is 167 cm³/mol. The van der Waals surface area contributed by atoms with Crippen LogP contribution < -0.4 is 20.7 Å². The summed E-state index contributed by atoms with van der Waals surface area (Å²) in [5, 5.41) is 0. The highest BCUT2D eigenvalue weighted by molar-refractivity contribution is 8.25. The Morgan fingerprint density at radius 1 is 0.956 bits per heavy atom. The van der Waals surface area contributed by atoms with Crippen LogP contribution in [-0.2, 0) is 41.1 Å². The van der Waals surface area contributed by atoms with Gasteiger partial charge in [-0.3, -0.25) is 14.3 Å². The van der Waals surface area contributed by atoms with Gasteiger partial charge < -0.3 is 35.9 Å². The lowest BCUT2D eigenvalue weighted by atomic mass is 9.79. The molecule has 234 valence electrons. The Bertz CT molecular complexity index is 1750. The van der Waals surface area contributed by atoms with Gasteiger partial charge in [0.05, 0.1) is 27.4 Å². The Morgan fingerprint density at radius 2 is 1.53 bits per heavy atom. The van der Waals surface area contributed by atoms with Crippen molar-refractivity contribution in [2.24, 2.45) is 0 Å². The number of hydrogen-bond donors (Lipinski definition) is 1. The van der Waals surface area contributed by atoms with E-state index in [1.165, 1.54) is 10.8 Å². The molecule has 2 saturated heterocycles. The summed E-state index contributed by atoms with van der Waals surface area (Å²) in [7, 11) is 0.699. The molecule has 0 saturated carbocycles. The van der Waals surface area contributed by atoms with Crippen LogP contribution in [0.4, 0.5) is 0 Å². The minimum atomic E-state index is -2.50. The Balaban J connectivity index is 1.47. The van der Waals surface area contributed by atoms with Gasteiger partial charge in [-0.15, -0.1) is 0 Å².